The van der Waals surface area contributed by atoms with E-state index in [1.165, 1.54) is 0 Å². The molecular weight excluding hydrogens is 298 g/mol. The molecule has 1 atom stereocenters. The lowest BCUT2D eigenvalue weighted by atomic mass is 10.2. The molecule has 0 unspecified atom stereocenters. The molecule has 1 aromatic carbocycles. The monoisotopic (exact) mass is 315 g/mol. The van der Waals surface area contributed by atoms with Crippen LogP contribution in [0.1, 0.15) is 18.9 Å². The minimum atomic E-state index is -0.151. The van der Waals surface area contributed by atoms with Gasteiger partial charge in [0.15, 0.2) is 0 Å². The number of alkyl halides is 1. The third-order valence-electron chi connectivity index (χ3n) is 2.59. The summed E-state index contributed by atoms with van der Waals surface area (Å²) < 4.78 is 10.4. The van der Waals surface area contributed by atoms with Gasteiger partial charge in [0.25, 0.3) is 0 Å². The number of hydrogen-bond donors (Lipinski definition) is 1. The first-order valence-electron chi connectivity index (χ1n) is 5.75. The molecule has 0 heterocycles. The molecule has 100 valence electrons. The Morgan fingerprint density at radius 2 is 2.11 bits per heavy atom. The van der Waals surface area contributed by atoms with Crippen LogP contribution in [-0.2, 0) is 11.3 Å². The molecule has 0 saturated carbocycles. The maximum atomic E-state index is 11.6. The number of halogens is 1. The summed E-state index contributed by atoms with van der Waals surface area (Å²) >= 11 is 3.31. The Kier molecular flexibility index (Phi) is 5.98. The highest BCUT2D eigenvalue weighted by Gasteiger charge is 2.12. The molecule has 0 radical (unpaired) electrons. The van der Waals surface area contributed by atoms with E-state index in [1.807, 2.05) is 19.1 Å². The standard InChI is InChI=1S/C13H18BrNO3/c1-4-11(14)13(16)15-8-9-5-6-10(17-2)7-12(9)18-3/h5-7,11H,4,8H2,1-3H3,(H,15,16)/t11-/m0/s1. The van der Waals surface area contributed by atoms with E-state index >= 15 is 0 Å². The highest BCUT2D eigenvalue weighted by molar-refractivity contribution is 9.10. The lowest BCUT2D eigenvalue weighted by Gasteiger charge is -2.12. The topological polar surface area (TPSA) is 47.6 Å². The first kappa shape index (κ1) is 14.8. The number of benzene rings is 1. The Bertz CT molecular complexity index is 409. The van der Waals surface area contributed by atoms with Gasteiger partial charge >= 0.3 is 0 Å². The summed E-state index contributed by atoms with van der Waals surface area (Å²) in [5.74, 6) is 1.42. The molecule has 0 saturated heterocycles. The van der Waals surface area contributed by atoms with Gasteiger partial charge in [0, 0.05) is 18.2 Å². The van der Waals surface area contributed by atoms with Gasteiger partial charge in [-0.2, -0.15) is 0 Å². The van der Waals surface area contributed by atoms with E-state index in [0.29, 0.717) is 12.3 Å². The third-order valence-corrected chi connectivity index (χ3v) is 3.65. The summed E-state index contributed by atoms with van der Waals surface area (Å²) in [5.41, 5.74) is 0.919. The largest absolute Gasteiger partial charge is 0.497 e. The van der Waals surface area contributed by atoms with Crippen LogP contribution in [0.2, 0.25) is 0 Å². The van der Waals surface area contributed by atoms with Gasteiger partial charge in [-0.3, -0.25) is 4.79 Å². The molecule has 0 aromatic heterocycles. The highest BCUT2D eigenvalue weighted by atomic mass is 79.9. The fourth-order valence-electron chi connectivity index (χ4n) is 1.48. The van der Waals surface area contributed by atoms with E-state index in [4.69, 9.17) is 9.47 Å². The zero-order valence-corrected chi connectivity index (χ0v) is 12.4. The molecule has 0 spiro atoms. The normalized spacial score (nSPS) is 11.8. The summed E-state index contributed by atoms with van der Waals surface area (Å²) in [6.07, 6.45) is 0.756. The van der Waals surface area contributed by atoms with Gasteiger partial charge in [0.05, 0.1) is 19.0 Å². The maximum absolute atomic E-state index is 11.6. The lowest BCUT2D eigenvalue weighted by molar-refractivity contribution is -0.120. The van der Waals surface area contributed by atoms with Crippen molar-refractivity contribution in [3.63, 3.8) is 0 Å². The molecule has 0 bridgehead atoms. The van der Waals surface area contributed by atoms with E-state index in [0.717, 1.165) is 17.7 Å². The van der Waals surface area contributed by atoms with E-state index < -0.39 is 0 Å². The molecule has 0 aliphatic carbocycles. The van der Waals surface area contributed by atoms with E-state index in [9.17, 15) is 4.79 Å². The van der Waals surface area contributed by atoms with Gasteiger partial charge in [-0.15, -0.1) is 0 Å². The number of ether oxygens (including phenoxy) is 2. The molecule has 0 aliphatic rings. The SMILES string of the molecule is CC[C@H](Br)C(=O)NCc1ccc(OC)cc1OC. The van der Waals surface area contributed by atoms with Crippen LogP contribution in [-0.4, -0.2) is 25.0 Å². The zero-order valence-electron chi connectivity index (χ0n) is 10.8. The second kappa shape index (κ2) is 7.26. The van der Waals surface area contributed by atoms with Crippen molar-refractivity contribution >= 4 is 21.8 Å². The Morgan fingerprint density at radius 3 is 2.67 bits per heavy atom. The first-order chi connectivity index (χ1) is 8.62. The maximum Gasteiger partial charge on any atom is 0.234 e. The summed E-state index contributed by atoms with van der Waals surface area (Å²) in [4.78, 5) is 11.5. The Hall–Kier alpha value is -1.23. The van der Waals surface area contributed by atoms with Gasteiger partial charge < -0.3 is 14.8 Å². The smallest absolute Gasteiger partial charge is 0.234 e. The van der Waals surface area contributed by atoms with Crippen LogP contribution in [0.3, 0.4) is 0 Å². The molecule has 1 aromatic rings. The molecule has 0 aliphatic heterocycles. The molecular formula is C13H18BrNO3. The Morgan fingerprint density at radius 1 is 1.39 bits per heavy atom. The van der Waals surface area contributed by atoms with Gasteiger partial charge in [0.1, 0.15) is 11.5 Å². The lowest BCUT2D eigenvalue weighted by Crippen LogP contribution is -2.30. The molecule has 1 rings (SSSR count). The fourth-order valence-corrected chi connectivity index (χ4v) is 1.64. The third kappa shape index (κ3) is 3.91. The van der Waals surface area contributed by atoms with Crippen molar-refractivity contribution in [1.82, 2.24) is 5.32 Å². The van der Waals surface area contributed by atoms with E-state index in [1.54, 1.807) is 20.3 Å². The van der Waals surface area contributed by atoms with Crippen LogP contribution in [0.25, 0.3) is 0 Å². The van der Waals surface area contributed by atoms with Crippen LogP contribution < -0.4 is 14.8 Å². The van der Waals surface area contributed by atoms with Gasteiger partial charge in [0.2, 0.25) is 5.91 Å². The summed E-state index contributed by atoms with van der Waals surface area (Å²) in [6, 6.07) is 5.52. The van der Waals surface area contributed by atoms with Crippen molar-refractivity contribution in [2.45, 2.75) is 24.7 Å². The van der Waals surface area contributed by atoms with Crippen molar-refractivity contribution in [3.05, 3.63) is 23.8 Å². The number of methoxy groups -OCH3 is 2. The summed E-state index contributed by atoms with van der Waals surface area (Å²) in [7, 11) is 3.20. The number of carbonyl (C=O) groups is 1. The van der Waals surface area contributed by atoms with Crippen molar-refractivity contribution < 1.29 is 14.3 Å². The molecule has 0 fully saturated rings. The quantitative estimate of drug-likeness (QED) is 0.820. The molecule has 1 N–H and O–H groups in total. The number of nitrogens with one attached hydrogen (secondary N) is 1. The second-order valence-corrected chi connectivity index (χ2v) is 4.88. The van der Waals surface area contributed by atoms with Gasteiger partial charge in [-0.1, -0.05) is 22.9 Å². The predicted molar refractivity (Wildman–Crippen MR) is 74.4 cm³/mol. The molecule has 18 heavy (non-hydrogen) atoms. The fraction of sp³-hybridized carbons (Fsp3) is 0.462. The van der Waals surface area contributed by atoms with Crippen LogP contribution in [0.4, 0.5) is 0 Å². The van der Waals surface area contributed by atoms with Crippen molar-refractivity contribution in [2.24, 2.45) is 0 Å². The number of amides is 1. The summed E-state index contributed by atoms with van der Waals surface area (Å²) in [5, 5.41) is 2.86. The number of hydrogen-bond acceptors (Lipinski definition) is 3. The van der Waals surface area contributed by atoms with Gasteiger partial charge in [-0.25, -0.2) is 0 Å². The van der Waals surface area contributed by atoms with Gasteiger partial charge in [-0.05, 0) is 18.6 Å². The number of carbonyl (C=O) groups excluding carboxylic acids is 1. The van der Waals surface area contributed by atoms with Crippen molar-refractivity contribution in [1.29, 1.82) is 0 Å². The van der Waals surface area contributed by atoms with E-state index in [-0.39, 0.29) is 10.7 Å². The first-order valence-corrected chi connectivity index (χ1v) is 6.66. The zero-order chi connectivity index (χ0) is 13.5. The average Bonchev–Trinajstić information content (AvgIpc) is 2.43. The van der Waals surface area contributed by atoms with Crippen LogP contribution in [0.15, 0.2) is 18.2 Å². The number of rotatable bonds is 6. The molecule has 4 nitrogen and oxygen atoms in total. The van der Waals surface area contributed by atoms with Crippen molar-refractivity contribution in [2.75, 3.05) is 14.2 Å². The van der Waals surface area contributed by atoms with Crippen LogP contribution in [0.5, 0.6) is 11.5 Å². The average molecular weight is 316 g/mol. The minimum Gasteiger partial charge on any atom is -0.497 e. The van der Waals surface area contributed by atoms with Crippen LogP contribution >= 0.6 is 15.9 Å². The van der Waals surface area contributed by atoms with E-state index in [2.05, 4.69) is 21.2 Å². The second-order valence-electron chi connectivity index (χ2n) is 3.77. The summed E-state index contributed by atoms with van der Waals surface area (Å²) in [6.45, 7) is 2.39. The van der Waals surface area contributed by atoms with Crippen molar-refractivity contribution in [3.8, 4) is 11.5 Å². The molecule has 1 amide bonds. The molecule has 5 heteroatoms. The predicted octanol–water partition coefficient (Wildman–Crippen LogP) is 2.49. The Labute approximate surface area is 116 Å². The highest BCUT2D eigenvalue weighted by Crippen LogP contribution is 2.24. The van der Waals surface area contributed by atoms with Crippen LogP contribution in [0, 0.1) is 0 Å². The Balaban J connectivity index is 2.70. The minimum absolute atomic E-state index is 0.0182.